The highest BCUT2D eigenvalue weighted by Gasteiger charge is 2.60. The number of nitrogens with two attached hydrogens (primary N) is 1. The number of ketones is 1. The quantitative estimate of drug-likeness (QED) is 0.840. The van der Waals surface area contributed by atoms with Crippen molar-refractivity contribution in [2.75, 3.05) is 0 Å². The third kappa shape index (κ3) is 2.11. The van der Waals surface area contributed by atoms with Crippen LogP contribution >= 0.6 is 0 Å². The summed E-state index contributed by atoms with van der Waals surface area (Å²) in [6.45, 7) is 2.20. The normalized spacial score (nSPS) is 53.1. The fourth-order valence-electron chi connectivity index (χ4n) is 6.75. The highest BCUT2D eigenvalue weighted by atomic mass is 16.3. The average Bonchev–Trinajstić information content (AvgIpc) is 2.80. The summed E-state index contributed by atoms with van der Waals surface area (Å²) in [7, 11) is 0. The molecule has 0 aromatic heterocycles. The highest BCUT2D eigenvalue weighted by molar-refractivity contribution is 5.87. The Morgan fingerprint density at radius 1 is 1.19 bits per heavy atom. The van der Waals surface area contributed by atoms with Gasteiger partial charge in [0.05, 0.1) is 11.6 Å². The number of hydrogen-bond acceptors (Lipinski definition) is 3. The molecule has 0 amide bonds. The topological polar surface area (TPSA) is 63.3 Å². The van der Waals surface area contributed by atoms with Gasteiger partial charge in [0.15, 0.2) is 5.78 Å². The Hall–Kier alpha value is -0.410. The van der Waals surface area contributed by atoms with E-state index in [-0.39, 0.29) is 17.4 Å². The first kappa shape index (κ1) is 14.2. The van der Waals surface area contributed by atoms with Gasteiger partial charge < -0.3 is 10.8 Å². The fraction of sp³-hybridized carbons (Fsp3) is 0.944. The summed E-state index contributed by atoms with van der Waals surface area (Å²) < 4.78 is 0. The Bertz CT molecular complexity index is 446. The first-order chi connectivity index (χ1) is 9.91. The lowest BCUT2D eigenvalue weighted by atomic mass is 9.45. The van der Waals surface area contributed by atoms with E-state index < -0.39 is 5.60 Å². The predicted octanol–water partition coefficient (Wildman–Crippen LogP) is 2.65. The van der Waals surface area contributed by atoms with E-state index in [4.69, 9.17) is 5.73 Å². The van der Waals surface area contributed by atoms with Crippen LogP contribution in [0.2, 0.25) is 0 Å². The monoisotopic (exact) mass is 291 g/mol. The maximum absolute atomic E-state index is 13.0. The molecule has 3 heteroatoms. The maximum atomic E-state index is 13.0. The minimum atomic E-state index is -0.511. The molecular weight excluding hydrogens is 262 g/mol. The van der Waals surface area contributed by atoms with Crippen LogP contribution in [-0.4, -0.2) is 22.5 Å². The van der Waals surface area contributed by atoms with E-state index in [0.717, 1.165) is 38.5 Å². The van der Waals surface area contributed by atoms with Gasteiger partial charge in [0.25, 0.3) is 0 Å². The van der Waals surface area contributed by atoms with E-state index in [1.165, 1.54) is 19.3 Å². The van der Waals surface area contributed by atoms with E-state index in [2.05, 4.69) is 6.92 Å². The van der Waals surface area contributed by atoms with Crippen LogP contribution < -0.4 is 5.73 Å². The standard InChI is InChI=1S/C18H29NO2/c1-11-3-2-4-14(11)15(20)16(19)17-6-12-5-13(7-17)9-18(21,8-12)10-17/h11-14,16,21H,2-10,19H2,1H3/t11-,12?,13?,14?,16-,17?,18?/m1/s1. The SMILES string of the molecule is C[C@@H]1CCCC1C(=O)[C@@H](N)C12CC3CC(CC(O)(C3)C1)C2. The van der Waals surface area contributed by atoms with Crippen LogP contribution in [0.4, 0.5) is 0 Å². The zero-order chi connectivity index (χ0) is 14.8. The minimum absolute atomic E-state index is 0.0851. The molecule has 0 heterocycles. The van der Waals surface area contributed by atoms with Crippen molar-refractivity contribution in [1.82, 2.24) is 0 Å². The van der Waals surface area contributed by atoms with Gasteiger partial charge in [0.2, 0.25) is 0 Å². The zero-order valence-electron chi connectivity index (χ0n) is 13.2. The molecule has 3 nitrogen and oxygen atoms in total. The van der Waals surface area contributed by atoms with E-state index in [1.807, 2.05) is 0 Å². The third-order valence-electron chi connectivity index (χ3n) is 7.27. The van der Waals surface area contributed by atoms with Crippen molar-refractivity contribution in [2.45, 2.75) is 76.4 Å². The summed E-state index contributed by atoms with van der Waals surface area (Å²) in [6, 6.07) is -0.333. The Morgan fingerprint density at radius 3 is 2.38 bits per heavy atom. The first-order valence-electron chi connectivity index (χ1n) is 8.93. The van der Waals surface area contributed by atoms with Crippen molar-refractivity contribution in [3.63, 3.8) is 0 Å². The number of hydrogen-bond donors (Lipinski definition) is 2. The van der Waals surface area contributed by atoms with Gasteiger partial charge in [-0.2, -0.15) is 0 Å². The second-order valence-electron chi connectivity index (χ2n) is 8.94. The molecule has 4 bridgehead atoms. The molecule has 5 saturated carbocycles. The second kappa shape index (κ2) is 4.55. The van der Waals surface area contributed by atoms with Gasteiger partial charge in [-0.3, -0.25) is 4.79 Å². The lowest BCUT2D eigenvalue weighted by Gasteiger charge is -2.61. The predicted molar refractivity (Wildman–Crippen MR) is 81.6 cm³/mol. The van der Waals surface area contributed by atoms with Crippen molar-refractivity contribution >= 4 is 5.78 Å². The van der Waals surface area contributed by atoms with Gasteiger partial charge in [0.1, 0.15) is 0 Å². The molecule has 118 valence electrons. The van der Waals surface area contributed by atoms with Crippen LogP contribution in [-0.2, 0) is 4.79 Å². The minimum Gasteiger partial charge on any atom is -0.390 e. The average molecular weight is 291 g/mol. The number of rotatable bonds is 3. The van der Waals surface area contributed by atoms with Crippen LogP contribution in [0.25, 0.3) is 0 Å². The second-order valence-corrected chi connectivity index (χ2v) is 8.94. The first-order valence-corrected chi connectivity index (χ1v) is 8.93. The molecule has 0 aliphatic heterocycles. The molecule has 0 saturated heterocycles. The molecule has 21 heavy (non-hydrogen) atoms. The van der Waals surface area contributed by atoms with Gasteiger partial charge in [-0.15, -0.1) is 0 Å². The number of Topliss-reactive ketones (excluding diaryl/α,β-unsaturated/α-hetero) is 1. The van der Waals surface area contributed by atoms with Crippen molar-refractivity contribution in [1.29, 1.82) is 0 Å². The zero-order valence-corrected chi connectivity index (χ0v) is 13.2. The van der Waals surface area contributed by atoms with Crippen molar-refractivity contribution in [3.8, 4) is 0 Å². The van der Waals surface area contributed by atoms with Crippen LogP contribution in [0.3, 0.4) is 0 Å². The summed E-state index contributed by atoms with van der Waals surface area (Å²) in [5, 5.41) is 10.8. The Labute approximate surface area is 127 Å². The molecule has 0 spiro atoms. The molecule has 3 unspecified atom stereocenters. The van der Waals surface area contributed by atoms with Crippen LogP contribution in [0, 0.1) is 29.1 Å². The lowest BCUT2D eigenvalue weighted by Crippen LogP contribution is -2.63. The number of aliphatic hydroxyl groups is 1. The van der Waals surface area contributed by atoms with Crippen LogP contribution in [0.1, 0.15) is 64.7 Å². The molecule has 5 fully saturated rings. The van der Waals surface area contributed by atoms with E-state index in [1.54, 1.807) is 0 Å². The van der Waals surface area contributed by atoms with Gasteiger partial charge >= 0.3 is 0 Å². The Kier molecular flexibility index (Phi) is 3.07. The number of carbonyl (C=O) groups is 1. The molecular formula is C18H29NO2. The Balaban J connectivity index is 1.59. The summed E-state index contributed by atoms with van der Waals surface area (Å²) in [4.78, 5) is 13.0. The Morgan fingerprint density at radius 2 is 1.86 bits per heavy atom. The summed E-state index contributed by atoms with van der Waals surface area (Å²) >= 11 is 0. The third-order valence-corrected chi connectivity index (χ3v) is 7.27. The highest BCUT2D eigenvalue weighted by Crippen LogP contribution is 2.62. The molecule has 0 aromatic rings. The van der Waals surface area contributed by atoms with Crippen molar-refractivity contribution < 1.29 is 9.90 Å². The summed E-state index contributed by atoms with van der Waals surface area (Å²) in [6.07, 6.45) is 9.47. The maximum Gasteiger partial charge on any atom is 0.153 e. The van der Waals surface area contributed by atoms with Crippen molar-refractivity contribution in [2.24, 2.45) is 34.8 Å². The lowest BCUT2D eigenvalue weighted by molar-refractivity contribution is -0.174. The van der Waals surface area contributed by atoms with Crippen LogP contribution in [0.5, 0.6) is 0 Å². The van der Waals surface area contributed by atoms with Crippen molar-refractivity contribution in [3.05, 3.63) is 0 Å². The van der Waals surface area contributed by atoms with E-state index in [0.29, 0.717) is 23.5 Å². The van der Waals surface area contributed by atoms with Gasteiger partial charge in [0, 0.05) is 5.92 Å². The molecule has 0 aromatic carbocycles. The fourth-order valence-corrected chi connectivity index (χ4v) is 6.75. The van der Waals surface area contributed by atoms with Gasteiger partial charge in [-0.25, -0.2) is 0 Å². The molecule has 5 aliphatic carbocycles. The number of carbonyl (C=O) groups excluding carboxylic acids is 1. The molecule has 0 radical (unpaired) electrons. The molecule has 3 N–H and O–H groups in total. The summed E-state index contributed by atoms with van der Waals surface area (Å²) in [5.74, 6) is 2.21. The van der Waals surface area contributed by atoms with E-state index >= 15 is 0 Å². The van der Waals surface area contributed by atoms with Crippen LogP contribution in [0.15, 0.2) is 0 Å². The largest absolute Gasteiger partial charge is 0.390 e. The van der Waals surface area contributed by atoms with Gasteiger partial charge in [-0.05, 0) is 74.5 Å². The molecule has 5 rings (SSSR count). The molecule has 5 atom stereocenters. The molecule has 5 aliphatic rings. The summed E-state index contributed by atoms with van der Waals surface area (Å²) in [5.41, 5.74) is 5.96. The smallest absolute Gasteiger partial charge is 0.153 e. The van der Waals surface area contributed by atoms with Gasteiger partial charge in [-0.1, -0.05) is 13.3 Å². The van der Waals surface area contributed by atoms with E-state index in [9.17, 15) is 9.90 Å².